The Kier molecular flexibility index (Phi) is 5.59. The molecule has 0 aliphatic heterocycles. The van der Waals surface area contributed by atoms with Gasteiger partial charge in [0.15, 0.2) is 0 Å². The molecule has 1 unspecified atom stereocenters. The topological polar surface area (TPSA) is 49.8 Å². The Morgan fingerprint density at radius 2 is 2.22 bits per heavy atom. The zero-order valence-corrected chi connectivity index (χ0v) is 11.6. The first-order valence-corrected chi connectivity index (χ1v) is 6.02. The van der Waals surface area contributed by atoms with Gasteiger partial charge in [-0.1, -0.05) is 17.7 Å². The molecule has 0 radical (unpaired) electrons. The first-order chi connectivity index (χ1) is 8.45. The molecule has 1 rings (SSSR count). The smallest absolute Gasteiger partial charge is 0.254 e. The lowest BCUT2D eigenvalue weighted by molar-refractivity contribution is 0.0380. The van der Waals surface area contributed by atoms with Crippen molar-refractivity contribution in [3.05, 3.63) is 34.3 Å². The van der Waals surface area contributed by atoms with Crippen LogP contribution in [0.4, 0.5) is 0 Å². The summed E-state index contributed by atoms with van der Waals surface area (Å²) in [6.07, 6.45) is -0.691. The van der Waals surface area contributed by atoms with E-state index < -0.39 is 6.10 Å². The molecule has 0 bridgehead atoms. The highest BCUT2D eigenvalue weighted by atomic mass is 35.5. The number of aliphatic hydroxyl groups is 1. The van der Waals surface area contributed by atoms with Gasteiger partial charge in [0.1, 0.15) is 0 Å². The van der Waals surface area contributed by atoms with Crippen molar-refractivity contribution < 1.29 is 14.6 Å². The quantitative estimate of drug-likeness (QED) is 0.887. The van der Waals surface area contributed by atoms with Crippen LogP contribution in [0.1, 0.15) is 15.9 Å². The van der Waals surface area contributed by atoms with Crippen LogP contribution in [0.2, 0.25) is 5.02 Å². The van der Waals surface area contributed by atoms with E-state index in [1.54, 1.807) is 25.2 Å². The summed E-state index contributed by atoms with van der Waals surface area (Å²) < 4.78 is 4.82. The number of likely N-dealkylation sites (N-methyl/N-ethyl adjacent to an activating group) is 1. The molecule has 1 aromatic rings. The summed E-state index contributed by atoms with van der Waals surface area (Å²) in [4.78, 5) is 13.6. The molecule has 100 valence electrons. The molecular formula is C13H18ClNO3. The summed E-state index contributed by atoms with van der Waals surface area (Å²) in [5, 5.41) is 10.1. The summed E-state index contributed by atoms with van der Waals surface area (Å²) in [7, 11) is 3.15. The number of hydrogen-bond acceptors (Lipinski definition) is 3. The van der Waals surface area contributed by atoms with Crippen molar-refractivity contribution in [1.82, 2.24) is 4.90 Å². The van der Waals surface area contributed by atoms with E-state index in [9.17, 15) is 9.90 Å². The van der Waals surface area contributed by atoms with Crippen molar-refractivity contribution in [3.63, 3.8) is 0 Å². The van der Waals surface area contributed by atoms with Crippen LogP contribution in [0.3, 0.4) is 0 Å². The van der Waals surface area contributed by atoms with Crippen LogP contribution in [-0.4, -0.2) is 49.3 Å². The van der Waals surface area contributed by atoms with E-state index in [-0.39, 0.29) is 19.1 Å². The summed E-state index contributed by atoms with van der Waals surface area (Å²) in [5.41, 5.74) is 1.41. The molecule has 1 amide bonds. The number of nitrogens with zero attached hydrogens (tertiary/aromatic N) is 1. The number of aliphatic hydroxyl groups excluding tert-OH is 1. The molecule has 0 aliphatic rings. The van der Waals surface area contributed by atoms with Crippen LogP contribution in [0.15, 0.2) is 18.2 Å². The van der Waals surface area contributed by atoms with Crippen molar-refractivity contribution >= 4 is 17.5 Å². The third-order valence-electron chi connectivity index (χ3n) is 2.62. The third kappa shape index (κ3) is 3.98. The van der Waals surface area contributed by atoms with E-state index in [2.05, 4.69) is 0 Å². The van der Waals surface area contributed by atoms with Gasteiger partial charge in [-0.25, -0.2) is 0 Å². The van der Waals surface area contributed by atoms with Gasteiger partial charge in [-0.15, -0.1) is 0 Å². The second-order valence-electron chi connectivity index (χ2n) is 4.25. The first kappa shape index (κ1) is 15.0. The number of aryl methyl sites for hydroxylation is 1. The molecule has 0 aliphatic carbocycles. The second kappa shape index (κ2) is 6.73. The molecule has 0 saturated carbocycles. The van der Waals surface area contributed by atoms with Crippen LogP contribution in [0.5, 0.6) is 0 Å². The Bertz CT molecular complexity index is 423. The van der Waals surface area contributed by atoms with Crippen molar-refractivity contribution in [1.29, 1.82) is 0 Å². The van der Waals surface area contributed by atoms with Gasteiger partial charge in [0.25, 0.3) is 5.91 Å². The van der Waals surface area contributed by atoms with Crippen molar-refractivity contribution in [2.45, 2.75) is 13.0 Å². The summed E-state index contributed by atoms with van der Waals surface area (Å²) >= 11 is 5.88. The summed E-state index contributed by atoms with van der Waals surface area (Å²) in [6.45, 7) is 2.27. The minimum atomic E-state index is -0.691. The van der Waals surface area contributed by atoms with Crippen molar-refractivity contribution in [2.24, 2.45) is 0 Å². The molecule has 0 aromatic heterocycles. The van der Waals surface area contributed by atoms with Crippen molar-refractivity contribution in [3.8, 4) is 0 Å². The van der Waals surface area contributed by atoms with E-state index in [0.717, 1.165) is 5.56 Å². The minimum Gasteiger partial charge on any atom is -0.389 e. The third-order valence-corrected chi connectivity index (χ3v) is 2.86. The second-order valence-corrected chi connectivity index (χ2v) is 4.69. The number of halogens is 1. The van der Waals surface area contributed by atoms with Crippen LogP contribution in [0, 0.1) is 6.92 Å². The maximum Gasteiger partial charge on any atom is 0.254 e. The summed E-state index contributed by atoms with van der Waals surface area (Å²) in [6, 6.07) is 5.18. The Balaban J connectivity index is 2.77. The lowest BCUT2D eigenvalue weighted by Crippen LogP contribution is -2.36. The highest BCUT2D eigenvalue weighted by molar-refractivity contribution is 6.31. The van der Waals surface area contributed by atoms with Crippen LogP contribution >= 0.6 is 11.6 Å². The van der Waals surface area contributed by atoms with Gasteiger partial charge >= 0.3 is 0 Å². The number of amides is 1. The monoisotopic (exact) mass is 271 g/mol. The lowest BCUT2D eigenvalue weighted by atomic mass is 10.1. The Morgan fingerprint density at radius 3 is 2.83 bits per heavy atom. The average Bonchev–Trinajstić information content (AvgIpc) is 2.31. The zero-order valence-electron chi connectivity index (χ0n) is 10.8. The molecule has 0 saturated heterocycles. The first-order valence-electron chi connectivity index (χ1n) is 5.64. The van der Waals surface area contributed by atoms with E-state index in [1.807, 2.05) is 6.92 Å². The van der Waals surface area contributed by atoms with Crippen LogP contribution in [-0.2, 0) is 4.74 Å². The standard InChI is InChI=1S/C13H18ClNO3/c1-9-4-5-10(14)6-12(9)13(17)15(2)7-11(16)8-18-3/h4-6,11,16H,7-8H2,1-3H3. The van der Waals surface area contributed by atoms with E-state index in [4.69, 9.17) is 16.3 Å². The molecule has 5 heteroatoms. The van der Waals surface area contributed by atoms with Gasteiger partial charge in [-0.05, 0) is 24.6 Å². The molecule has 0 fully saturated rings. The molecule has 1 atom stereocenters. The Labute approximate surface area is 112 Å². The largest absolute Gasteiger partial charge is 0.389 e. The fraction of sp³-hybridized carbons (Fsp3) is 0.462. The fourth-order valence-electron chi connectivity index (χ4n) is 1.67. The van der Waals surface area contributed by atoms with Gasteiger partial charge < -0.3 is 14.7 Å². The number of ether oxygens (including phenoxy) is 1. The average molecular weight is 272 g/mol. The number of methoxy groups -OCH3 is 1. The highest BCUT2D eigenvalue weighted by Crippen LogP contribution is 2.17. The number of benzene rings is 1. The number of hydrogen-bond donors (Lipinski definition) is 1. The minimum absolute atomic E-state index is 0.162. The van der Waals surface area contributed by atoms with Gasteiger partial charge in [-0.2, -0.15) is 0 Å². The number of carbonyl (C=O) groups excluding carboxylic acids is 1. The zero-order chi connectivity index (χ0) is 13.7. The van der Waals surface area contributed by atoms with Gasteiger partial charge in [0.05, 0.1) is 12.7 Å². The molecule has 0 heterocycles. The SMILES string of the molecule is COCC(O)CN(C)C(=O)c1cc(Cl)ccc1C. The number of carbonyl (C=O) groups is 1. The fourth-order valence-corrected chi connectivity index (χ4v) is 1.85. The normalized spacial score (nSPS) is 12.3. The molecule has 4 nitrogen and oxygen atoms in total. The molecule has 1 aromatic carbocycles. The van der Waals surface area contributed by atoms with Crippen LogP contribution < -0.4 is 0 Å². The maximum absolute atomic E-state index is 12.2. The molecule has 0 spiro atoms. The van der Waals surface area contributed by atoms with E-state index in [1.165, 1.54) is 12.0 Å². The highest BCUT2D eigenvalue weighted by Gasteiger charge is 2.17. The van der Waals surface area contributed by atoms with E-state index >= 15 is 0 Å². The predicted molar refractivity (Wildman–Crippen MR) is 71.0 cm³/mol. The maximum atomic E-state index is 12.2. The van der Waals surface area contributed by atoms with Crippen molar-refractivity contribution in [2.75, 3.05) is 27.3 Å². The Hall–Kier alpha value is -1.10. The molecule has 18 heavy (non-hydrogen) atoms. The van der Waals surface area contributed by atoms with Crippen LogP contribution in [0.25, 0.3) is 0 Å². The number of rotatable bonds is 5. The lowest BCUT2D eigenvalue weighted by Gasteiger charge is -2.21. The predicted octanol–water partition coefficient (Wildman–Crippen LogP) is 1.73. The molecular weight excluding hydrogens is 254 g/mol. The van der Waals surface area contributed by atoms with Gasteiger partial charge in [0.2, 0.25) is 0 Å². The van der Waals surface area contributed by atoms with Gasteiger partial charge in [-0.3, -0.25) is 4.79 Å². The van der Waals surface area contributed by atoms with Gasteiger partial charge in [0, 0.05) is 31.3 Å². The Morgan fingerprint density at radius 1 is 1.56 bits per heavy atom. The molecule has 1 N–H and O–H groups in total. The summed E-state index contributed by atoms with van der Waals surface area (Å²) in [5.74, 6) is -0.162. The van der Waals surface area contributed by atoms with E-state index in [0.29, 0.717) is 10.6 Å².